The first kappa shape index (κ1) is 29.8. The van der Waals surface area contributed by atoms with Crippen molar-refractivity contribution in [2.24, 2.45) is 5.10 Å². The largest absolute Gasteiger partial charge is 0.493 e. The van der Waals surface area contributed by atoms with Gasteiger partial charge in [0.2, 0.25) is 0 Å². The Balaban J connectivity index is 1.96. The van der Waals surface area contributed by atoms with Crippen LogP contribution in [0.5, 0.6) is 11.5 Å². The zero-order valence-corrected chi connectivity index (χ0v) is 22.9. The molecule has 0 aliphatic rings. The van der Waals surface area contributed by atoms with Crippen LogP contribution in [0.3, 0.4) is 0 Å². The third kappa shape index (κ3) is 7.01. The Kier molecular flexibility index (Phi) is 9.13. The van der Waals surface area contributed by atoms with E-state index in [0.29, 0.717) is 33.1 Å². The molecule has 0 spiro atoms. The topological polar surface area (TPSA) is 97.3 Å². The number of hydrogen-bond acceptors (Lipinski definition) is 6. The monoisotopic (exact) mass is 583 g/mol. The number of carbonyl (C=O) groups excluding carboxylic acids is 1. The average molecular weight is 584 g/mol. The van der Waals surface area contributed by atoms with Crippen molar-refractivity contribution in [1.82, 2.24) is 5.43 Å². The molecule has 0 aromatic heterocycles. The molecule has 3 rings (SSSR count). The van der Waals surface area contributed by atoms with Gasteiger partial charge in [0.25, 0.3) is 15.9 Å². The summed E-state index contributed by atoms with van der Waals surface area (Å²) in [7, 11) is -1.53. The molecule has 0 bridgehead atoms. The van der Waals surface area contributed by atoms with Crippen molar-refractivity contribution in [2.45, 2.75) is 24.9 Å². The van der Waals surface area contributed by atoms with Crippen LogP contribution in [0.2, 0.25) is 5.02 Å². The van der Waals surface area contributed by atoms with Crippen molar-refractivity contribution < 1.29 is 35.9 Å². The van der Waals surface area contributed by atoms with E-state index in [4.69, 9.17) is 21.1 Å². The van der Waals surface area contributed by atoms with E-state index in [9.17, 15) is 26.4 Å². The van der Waals surface area contributed by atoms with Gasteiger partial charge in [-0.2, -0.15) is 18.3 Å². The van der Waals surface area contributed by atoms with E-state index in [1.54, 1.807) is 32.0 Å². The zero-order valence-electron chi connectivity index (χ0n) is 21.3. The van der Waals surface area contributed by atoms with Crippen LogP contribution >= 0.6 is 11.6 Å². The smallest absolute Gasteiger partial charge is 0.417 e. The number of halogens is 4. The van der Waals surface area contributed by atoms with E-state index in [1.807, 2.05) is 0 Å². The Morgan fingerprint density at radius 2 is 1.64 bits per heavy atom. The van der Waals surface area contributed by atoms with Crippen LogP contribution in [0.15, 0.2) is 70.7 Å². The van der Waals surface area contributed by atoms with Gasteiger partial charge in [-0.05, 0) is 62.4 Å². The number of sulfonamides is 1. The second-order valence-electron chi connectivity index (χ2n) is 8.29. The SMILES string of the molecule is COc1ccc(/C(C)=N\NC(=O)CN(c2ccc(Cl)c(C(F)(F)F)c2)S(=O)(=O)c2ccc(C)cc2)cc1OC. The summed E-state index contributed by atoms with van der Waals surface area (Å²) in [5.74, 6) is 0.0136. The fourth-order valence-electron chi connectivity index (χ4n) is 3.48. The number of methoxy groups -OCH3 is 2. The fourth-order valence-corrected chi connectivity index (χ4v) is 5.11. The number of anilines is 1. The van der Waals surface area contributed by atoms with E-state index in [0.717, 1.165) is 17.7 Å². The Labute approximate surface area is 229 Å². The van der Waals surface area contributed by atoms with Crippen LogP contribution in [0.4, 0.5) is 18.9 Å². The number of hydrogen-bond donors (Lipinski definition) is 1. The summed E-state index contributed by atoms with van der Waals surface area (Å²) >= 11 is 5.72. The Morgan fingerprint density at radius 1 is 1.00 bits per heavy atom. The molecule has 0 radical (unpaired) electrons. The predicted molar refractivity (Wildman–Crippen MR) is 142 cm³/mol. The first-order chi connectivity index (χ1) is 18.3. The van der Waals surface area contributed by atoms with E-state index in [1.165, 1.54) is 38.5 Å². The molecule has 0 unspecified atom stereocenters. The molecule has 1 N–H and O–H groups in total. The molecule has 0 saturated heterocycles. The number of carbonyl (C=O) groups is 1. The number of nitrogens with zero attached hydrogens (tertiary/aromatic N) is 2. The van der Waals surface area contributed by atoms with Gasteiger partial charge in [0, 0.05) is 5.56 Å². The Bertz CT molecular complexity index is 1490. The highest BCUT2D eigenvalue weighted by Gasteiger charge is 2.35. The van der Waals surface area contributed by atoms with Crippen LogP contribution in [-0.2, 0) is 21.0 Å². The minimum atomic E-state index is -4.85. The second kappa shape index (κ2) is 12.0. The molecule has 0 saturated carbocycles. The normalized spacial score (nSPS) is 12.2. The fraction of sp³-hybridized carbons (Fsp3) is 0.231. The molecule has 0 atom stereocenters. The van der Waals surface area contributed by atoms with E-state index >= 15 is 0 Å². The molecular formula is C26H25ClF3N3O5S. The Morgan fingerprint density at radius 3 is 2.23 bits per heavy atom. The maximum atomic E-state index is 13.5. The number of ether oxygens (including phenoxy) is 2. The lowest BCUT2D eigenvalue weighted by molar-refractivity contribution is -0.137. The van der Waals surface area contributed by atoms with E-state index in [-0.39, 0.29) is 4.90 Å². The van der Waals surface area contributed by atoms with Crippen molar-refractivity contribution in [3.63, 3.8) is 0 Å². The first-order valence-electron chi connectivity index (χ1n) is 11.3. The standard InChI is InChI=1S/C26H25ClF3N3O5S/c1-16-5-9-20(10-6-16)39(35,36)33(19-8-11-22(27)21(14-19)26(28,29)30)15-25(34)32-31-17(2)18-7-12-23(37-3)24(13-18)38-4/h5-14H,15H2,1-4H3,(H,32,34)/b31-17-. The van der Waals surface area contributed by atoms with Crippen LogP contribution in [0.1, 0.15) is 23.6 Å². The lowest BCUT2D eigenvalue weighted by atomic mass is 10.1. The summed E-state index contributed by atoms with van der Waals surface area (Å²) in [6.45, 7) is 2.48. The van der Waals surface area contributed by atoms with Crippen molar-refractivity contribution in [2.75, 3.05) is 25.1 Å². The number of hydrazone groups is 1. The molecule has 0 heterocycles. The van der Waals surface area contributed by atoms with Crippen molar-refractivity contribution in [3.8, 4) is 11.5 Å². The highest BCUT2D eigenvalue weighted by Crippen LogP contribution is 2.38. The van der Waals surface area contributed by atoms with Gasteiger partial charge in [-0.1, -0.05) is 29.3 Å². The zero-order chi connectivity index (χ0) is 29.0. The molecule has 13 heteroatoms. The molecule has 8 nitrogen and oxygen atoms in total. The van der Waals surface area contributed by atoms with Gasteiger partial charge in [-0.15, -0.1) is 0 Å². The number of rotatable bonds is 9. The maximum Gasteiger partial charge on any atom is 0.417 e. The predicted octanol–water partition coefficient (Wildman–Crippen LogP) is 5.42. The lowest BCUT2D eigenvalue weighted by Crippen LogP contribution is -2.40. The Hall–Kier alpha value is -3.77. The van der Waals surface area contributed by atoms with Crippen LogP contribution in [-0.4, -0.2) is 40.8 Å². The molecule has 1 amide bonds. The van der Waals surface area contributed by atoms with E-state index in [2.05, 4.69) is 10.5 Å². The van der Waals surface area contributed by atoms with Gasteiger partial charge in [0.05, 0.1) is 41.1 Å². The third-order valence-electron chi connectivity index (χ3n) is 5.59. The number of amides is 1. The van der Waals surface area contributed by atoms with Crippen LogP contribution < -0.4 is 19.2 Å². The van der Waals surface area contributed by atoms with E-state index < -0.39 is 44.9 Å². The van der Waals surface area contributed by atoms with Gasteiger partial charge in [0.15, 0.2) is 11.5 Å². The summed E-state index contributed by atoms with van der Waals surface area (Å²) in [6.07, 6.45) is -4.85. The minimum Gasteiger partial charge on any atom is -0.493 e. The van der Waals surface area contributed by atoms with Gasteiger partial charge < -0.3 is 9.47 Å². The van der Waals surface area contributed by atoms with Crippen molar-refractivity contribution in [1.29, 1.82) is 0 Å². The minimum absolute atomic E-state index is 0.214. The molecule has 0 aliphatic carbocycles. The van der Waals surface area contributed by atoms with Crippen LogP contribution in [0, 0.1) is 6.92 Å². The van der Waals surface area contributed by atoms with Gasteiger partial charge in [-0.25, -0.2) is 13.8 Å². The summed E-state index contributed by atoms with van der Waals surface area (Å²) in [4.78, 5) is 12.6. The van der Waals surface area contributed by atoms with Gasteiger partial charge in [-0.3, -0.25) is 9.10 Å². The molecule has 3 aromatic rings. The number of nitrogens with one attached hydrogen (secondary N) is 1. The van der Waals surface area contributed by atoms with Crippen molar-refractivity contribution in [3.05, 3.63) is 82.4 Å². The van der Waals surface area contributed by atoms with Crippen LogP contribution in [0.25, 0.3) is 0 Å². The summed E-state index contributed by atoms with van der Waals surface area (Å²) < 4.78 is 78.6. The number of benzene rings is 3. The highest BCUT2D eigenvalue weighted by molar-refractivity contribution is 7.92. The molecule has 0 fully saturated rings. The average Bonchev–Trinajstić information content (AvgIpc) is 2.89. The molecule has 3 aromatic carbocycles. The number of alkyl halides is 3. The maximum absolute atomic E-state index is 13.5. The van der Waals surface area contributed by atoms with Gasteiger partial charge in [0.1, 0.15) is 6.54 Å². The summed E-state index contributed by atoms with van der Waals surface area (Å²) in [5, 5.41) is 3.39. The molecule has 208 valence electrons. The second-order valence-corrected chi connectivity index (χ2v) is 10.6. The first-order valence-corrected chi connectivity index (χ1v) is 13.1. The molecular weight excluding hydrogens is 559 g/mol. The lowest BCUT2D eigenvalue weighted by Gasteiger charge is -2.25. The molecule has 39 heavy (non-hydrogen) atoms. The van der Waals surface area contributed by atoms with Crippen molar-refractivity contribution >= 4 is 38.9 Å². The summed E-state index contributed by atoms with van der Waals surface area (Å²) in [6, 6.07) is 13.2. The number of aryl methyl sites for hydroxylation is 1. The van der Waals surface area contributed by atoms with Gasteiger partial charge >= 0.3 is 6.18 Å². The highest BCUT2D eigenvalue weighted by atomic mass is 35.5. The molecule has 0 aliphatic heterocycles. The summed E-state index contributed by atoms with van der Waals surface area (Å²) in [5.41, 5.74) is 2.31. The third-order valence-corrected chi connectivity index (χ3v) is 7.71. The quantitative estimate of drug-likeness (QED) is 0.268.